The first-order valence-corrected chi connectivity index (χ1v) is 7.45. The van der Waals surface area contributed by atoms with Gasteiger partial charge in [0.2, 0.25) is 5.91 Å². The second-order valence-corrected chi connectivity index (χ2v) is 5.19. The van der Waals surface area contributed by atoms with Gasteiger partial charge in [0.1, 0.15) is 12.4 Å². The first-order valence-electron chi connectivity index (χ1n) is 6.33. The first-order chi connectivity index (χ1) is 9.26. The van der Waals surface area contributed by atoms with Crippen LogP contribution in [-0.2, 0) is 9.53 Å². The summed E-state index contributed by atoms with van der Waals surface area (Å²) in [5, 5.41) is 0.849. The van der Waals surface area contributed by atoms with Gasteiger partial charge in [-0.2, -0.15) is 0 Å². The first kappa shape index (κ1) is 14.3. The minimum absolute atomic E-state index is 0.159. The third-order valence-electron chi connectivity index (χ3n) is 3.12. The topological polar surface area (TPSA) is 38.8 Å². The molecule has 19 heavy (non-hydrogen) atoms. The van der Waals surface area contributed by atoms with Crippen molar-refractivity contribution in [3.63, 3.8) is 0 Å². The van der Waals surface area contributed by atoms with Crippen LogP contribution < -0.4 is 9.64 Å². The molecule has 4 nitrogen and oxygen atoms in total. The van der Waals surface area contributed by atoms with Gasteiger partial charge < -0.3 is 14.4 Å². The van der Waals surface area contributed by atoms with Gasteiger partial charge in [-0.05, 0) is 18.1 Å². The number of methoxy groups -OCH3 is 1. The van der Waals surface area contributed by atoms with Crippen LogP contribution in [0.4, 0.5) is 5.69 Å². The Hall–Kier alpha value is -1.07. The summed E-state index contributed by atoms with van der Waals surface area (Å²) in [6, 6.07) is 7.65. The number of nitrogens with zero attached hydrogens (tertiary/aromatic N) is 1. The van der Waals surface area contributed by atoms with Gasteiger partial charge >= 0.3 is 0 Å². The van der Waals surface area contributed by atoms with E-state index in [2.05, 4.69) is 15.9 Å². The van der Waals surface area contributed by atoms with Crippen molar-refractivity contribution in [2.75, 3.05) is 37.1 Å². The van der Waals surface area contributed by atoms with E-state index in [-0.39, 0.29) is 5.91 Å². The summed E-state index contributed by atoms with van der Waals surface area (Å²) in [4.78, 5) is 13.9. The van der Waals surface area contributed by atoms with Crippen LogP contribution in [0.25, 0.3) is 0 Å². The lowest BCUT2D eigenvalue weighted by atomic mass is 10.2. The minimum atomic E-state index is 0.159. The predicted octanol–water partition coefficient (Wildman–Crippen LogP) is 2.46. The summed E-state index contributed by atoms with van der Waals surface area (Å²) in [6.07, 6.45) is 0.595. The number of alkyl halides is 1. The van der Waals surface area contributed by atoms with Crippen molar-refractivity contribution in [3.8, 4) is 5.75 Å². The summed E-state index contributed by atoms with van der Waals surface area (Å²) in [5.41, 5.74) is 0.854. The van der Waals surface area contributed by atoms with Gasteiger partial charge in [-0.25, -0.2) is 0 Å². The molecule has 0 spiro atoms. The molecule has 1 fully saturated rings. The molecule has 1 heterocycles. The van der Waals surface area contributed by atoms with Crippen molar-refractivity contribution in [1.82, 2.24) is 0 Å². The van der Waals surface area contributed by atoms with E-state index in [9.17, 15) is 4.79 Å². The highest BCUT2D eigenvalue weighted by Gasteiger charge is 2.31. The molecule has 2 rings (SSSR count). The standard InChI is InChI=1S/C14H18BrNO3/c1-18-6-7-19-13-5-3-2-4-12(13)16-10-11(9-15)8-14(16)17/h2-5,11H,6-10H2,1H3. The molecular formula is C14H18BrNO3. The van der Waals surface area contributed by atoms with E-state index in [0.717, 1.165) is 23.3 Å². The van der Waals surface area contributed by atoms with Crippen LogP contribution in [0.5, 0.6) is 5.75 Å². The second-order valence-electron chi connectivity index (χ2n) is 4.54. The summed E-state index contributed by atoms with van der Waals surface area (Å²) < 4.78 is 10.6. The number of hydrogen-bond donors (Lipinski definition) is 0. The Morgan fingerprint density at radius 3 is 2.84 bits per heavy atom. The average molecular weight is 328 g/mol. The van der Waals surface area contributed by atoms with Crippen LogP contribution >= 0.6 is 15.9 Å². The van der Waals surface area contributed by atoms with Crippen molar-refractivity contribution in [1.29, 1.82) is 0 Å². The van der Waals surface area contributed by atoms with E-state index in [1.807, 2.05) is 29.2 Å². The van der Waals surface area contributed by atoms with E-state index in [0.29, 0.717) is 25.6 Å². The fourth-order valence-corrected chi connectivity index (χ4v) is 2.59. The van der Waals surface area contributed by atoms with Crippen LogP contribution in [0.15, 0.2) is 24.3 Å². The number of hydrogen-bond acceptors (Lipinski definition) is 3. The Labute approximate surface area is 121 Å². The van der Waals surface area contributed by atoms with Crippen LogP contribution in [-0.4, -0.2) is 38.1 Å². The van der Waals surface area contributed by atoms with Gasteiger partial charge in [0.15, 0.2) is 0 Å². The van der Waals surface area contributed by atoms with Crippen molar-refractivity contribution in [3.05, 3.63) is 24.3 Å². The Bertz CT molecular complexity index is 438. The van der Waals surface area contributed by atoms with Crippen LogP contribution in [0, 0.1) is 5.92 Å². The summed E-state index contributed by atoms with van der Waals surface area (Å²) >= 11 is 3.45. The molecule has 1 amide bonds. The Morgan fingerprint density at radius 1 is 1.37 bits per heavy atom. The lowest BCUT2D eigenvalue weighted by Crippen LogP contribution is -2.25. The number of halogens is 1. The lowest BCUT2D eigenvalue weighted by Gasteiger charge is -2.20. The van der Waals surface area contributed by atoms with E-state index in [1.54, 1.807) is 7.11 Å². The number of benzene rings is 1. The SMILES string of the molecule is COCCOc1ccccc1N1CC(CBr)CC1=O. The van der Waals surface area contributed by atoms with Gasteiger partial charge in [0.25, 0.3) is 0 Å². The monoisotopic (exact) mass is 327 g/mol. The quantitative estimate of drug-likeness (QED) is 0.595. The average Bonchev–Trinajstić information content (AvgIpc) is 2.81. The number of rotatable bonds is 6. The van der Waals surface area contributed by atoms with Gasteiger partial charge in [-0.3, -0.25) is 4.79 Å². The van der Waals surface area contributed by atoms with Crippen molar-refractivity contribution >= 4 is 27.5 Å². The Morgan fingerprint density at radius 2 is 2.16 bits per heavy atom. The molecule has 1 atom stereocenters. The number of amides is 1. The van der Waals surface area contributed by atoms with Gasteiger partial charge in [0.05, 0.1) is 12.3 Å². The minimum Gasteiger partial charge on any atom is -0.489 e. The molecule has 1 aliphatic rings. The third-order valence-corrected chi connectivity index (χ3v) is 4.04. The van der Waals surface area contributed by atoms with E-state index >= 15 is 0 Å². The molecule has 0 aliphatic carbocycles. The summed E-state index contributed by atoms with van der Waals surface area (Å²) in [5.74, 6) is 1.27. The normalized spacial score (nSPS) is 18.9. The number of carbonyl (C=O) groups is 1. The fourth-order valence-electron chi connectivity index (χ4n) is 2.15. The van der Waals surface area contributed by atoms with E-state index < -0.39 is 0 Å². The highest BCUT2D eigenvalue weighted by molar-refractivity contribution is 9.09. The molecule has 1 aromatic carbocycles. The maximum absolute atomic E-state index is 12.1. The zero-order valence-electron chi connectivity index (χ0n) is 11.0. The smallest absolute Gasteiger partial charge is 0.227 e. The number of ether oxygens (including phenoxy) is 2. The van der Waals surface area contributed by atoms with Gasteiger partial charge in [-0.15, -0.1) is 0 Å². The molecule has 1 saturated heterocycles. The third kappa shape index (κ3) is 3.48. The number of anilines is 1. The zero-order chi connectivity index (χ0) is 13.7. The highest BCUT2D eigenvalue weighted by atomic mass is 79.9. The Kier molecular flexibility index (Phi) is 5.22. The van der Waals surface area contributed by atoms with Crippen molar-refractivity contribution < 1.29 is 14.3 Å². The fraction of sp³-hybridized carbons (Fsp3) is 0.500. The van der Waals surface area contributed by atoms with E-state index in [1.165, 1.54) is 0 Å². The van der Waals surface area contributed by atoms with Crippen molar-refractivity contribution in [2.24, 2.45) is 5.92 Å². The number of para-hydroxylation sites is 2. The maximum Gasteiger partial charge on any atom is 0.227 e. The van der Waals surface area contributed by atoms with Crippen LogP contribution in [0.1, 0.15) is 6.42 Å². The molecule has 0 saturated carbocycles. The molecule has 0 aromatic heterocycles. The molecule has 0 N–H and O–H groups in total. The molecule has 104 valence electrons. The summed E-state index contributed by atoms with van der Waals surface area (Å²) in [6.45, 7) is 1.76. The summed E-state index contributed by atoms with van der Waals surface area (Å²) in [7, 11) is 1.64. The molecule has 0 bridgehead atoms. The molecule has 1 aliphatic heterocycles. The van der Waals surface area contributed by atoms with Crippen LogP contribution in [0.2, 0.25) is 0 Å². The molecule has 1 unspecified atom stereocenters. The lowest BCUT2D eigenvalue weighted by molar-refractivity contribution is -0.117. The van der Waals surface area contributed by atoms with E-state index in [4.69, 9.17) is 9.47 Å². The van der Waals surface area contributed by atoms with Crippen molar-refractivity contribution in [2.45, 2.75) is 6.42 Å². The molecule has 5 heteroatoms. The van der Waals surface area contributed by atoms with Crippen LogP contribution in [0.3, 0.4) is 0 Å². The maximum atomic E-state index is 12.1. The Balaban J connectivity index is 2.13. The van der Waals surface area contributed by atoms with Gasteiger partial charge in [-0.1, -0.05) is 28.1 Å². The number of carbonyl (C=O) groups excluding carboxylic acids is 1. The zero-order valence-corrected chi connectivity index (χ0v) is 12.6. The predicted molar refractivity (Wildman–Crippen MR) is 78.1 cm³/mol. The second kappa shape index (κ2) is 6.91. The largest absolute Gasteiger partial charge is 0.489 e. The molecule has 0 radical (unpaired) electrons. The highest BCUT2D eigenvalue weighted by Crippen LogP contribution is 2.33. The molecule has 1 aromatic rings. The molecular weight excluding hydrogens is 310 g/mol. The van der Waals surface area contributed by atoms with Gasteiger partial charge in [0, 0.05) is 25.4 Å².